The first kappa shape index (κ1) is 14.1. The SMILES string of the molecule is O=CNc1cnc2ccc(-c3cn[nH]c3-c3ccc(F)cc3)cn12. The van der Waals surface area contributed by atoms with Gasteiger partial charge in [0.1, 0.15) is 17.3 Å². The Morgan fingerprint density at radius 1 is 1.08 bits per heavy atom. The first-order valence-electron chi connectivity index (χ1n) is 7.23. The number of imidazole rings is 1. The minimum Gasteiger partial charge on any atom is -0.313 e. The van der Waals surface area contributed by atoms with Crippen molar-refractivity contribution in [1.29, 1.82) is 0 Å². The fraction of sp³-hybridized carbons (Fsp3) is 0. The second kappa shape index (κ2) is 5.62. The van der Waals surface area contributed by atoms with Gasteiger partial charge in [0.2, 0.25) is 6.41 Å². The quantitative estimate of drug-likeness (QED) is 0.567. The van der Waals surface area contributed by atoms with E-state index in [2.05, 4.69) is 20.5 Å². The van der Waals surface area contributed by atoms with Gasteiger partial charge in [-0.3, -0.25) is 14.3 Å². The third-order valence-corrected chi connectivity index (χ3v) is 3.80. The summed E-state index contributed by atoms with van der Waals surface area (Å²) in [6.45, 7) is 0. The van der Waals surface area contributed by atoms with E-state index in [-0.39, 0.29) is 5.82 Å². The molecule has 0 atom stereocenters. The van der Waals surface area contributed by atoms with Crippen molar-refractivity contribution in [2.24, 2.45) is 0 Å². The van der Waals surface area contributed by atoms with E-state index in [0.29, 0.717) is 12.2 Å². The van der Waals surface area contributed by atoms with E-state index in [4.69, 9.17) is 0 Å². The lowest BCUT2D eigenvalue weighted by Crippen LogP contribution is -1.98. The van der Waals surface area contributed by atoms with Crippen LogP contribution in [0.4, 0.5) is 10.2 Å². The normalized spacial score (nSPS) is 10.9. The maximum absolute atomic E-state index is 13.1. The van der Waals surface area contributed by atoms with Crippen LogP contribution in [0.3, 0.4) is 0 Å². The zero-order valence-electron chi connectivity index (χ0n) is 12.4. The standard InChI is InChI=1S/C17H12FN5O/c18-13-4-1-11(2-5-13)17-14(7-21-22-17)12-3-6-15-19-8-16(20-10-24)23(15)9-12/h1-10H,(H,20,24)(H,21,22). The minimum atomic E-state index is -0.288. The summed E-state index contributed by atoms with van der Waals surface area (Å²) in [5.74, 6) is 0.290. The fourth-order valence-corrected chi connectivity index (χ4v) is 2.65. The number of amides is 1. The number of halogens is 1. The summed E-state index contributed by atoms with van der Waals surface area (Å²) in [6, 6.07) is 9.98. The molecule has 0 aliphatic heterocycles. The molecule has 3 heterocycles. The van der Waals surface area contributed by atoms with E-state index in [9.17, 15) is 9.18 Å². The summed E-state index contributed by atoms with van der Waals surface area (Å²) in [7, 11) is 0. The van der Waals surface area contributed by atoms with Gasteiger partial charge in [0.15, 0.2) is 0 Å². The lowest BCUT2D eigenvalue weighted by atomic mass is 10.0. The Kier molecular flexibility index (Phi) is 3.31. The van der Waals surface area contributed by atoms with Crippen LogP contribution >= 0.6 is 0 Å². The number of H-pyrrole nitrogens is 1. The summed E-state index contributed by atoms with van der Waals surface area (Å²) in [5.41, 5.74) is 4.10. The topological polar surface area (TPSA) is 75.1 Å². The number of pyridine rings is 1. The molecule has 7 heteroatoms. The van der Waals surface area contributed by atoms with Crippen molar-refractivity contribution >= 4 is 17.9 Å². The van der Waals surface area contributed by atoms with E-state index in [1.54, 1.807) is 28.9 Å². The van der Waals surface area contributed by atoms with Crippen molar-refractivity contribution in [2.45, 2.75) is 0 Å². The number of fused-ring (bicyclic) bond motifs is 1. The van der Waals surface area contributed by atoms with Gasteiger partial charge in [-0.05, 0) is 36.4 Å². The summed E-state index contributed by atoms with van der Waals surface area (Å²) < 4.78 is 14.9. The predicted molar refractivity (Wildman–Crippen MR) is 87.9 cm³/mol. The highest BCUT2D eigenvalue weighted by atomic mass is 19.1. The highest BCUT2D eigenvalue weighted by molar-refractivity contribution is 5.81. The molecule has 6 nitrogen and oxygen atoms in total. The number of aromatic nitrogens is 4. The Bertz CT molecular complexity index is 1020. The van der Waals surface area contributed by atoms with Gasteiger partial charge in [-0.2, -0.15) is 5.10 Å². The van der Waals surface area contributed by atoms with E-state index in [1.165, 1.54) is 12.1 Å². The summed E-state index contributed by atoms with van der Waals surface area (Å²) in [4.78, 5) is 14.9. The third kappa shape index (κ3) is 2.32. The molecule has 0 bridgehead atoms. The second-order valence-electron chi connectivity index (χ2n) is 5.22. The van der Waals surface area contributed by atoms with Crippen LogP contribution in [0.5, 0.6) is 0 Å². The van der Waals surface area contributed by atoms with Crippen molar-refractivity contribution in [1.82, 2.24) is 19.6 Å². The van der Waals surface area contributed by atoms with Crippen LogP contribution in [-0.4, -0.2) is 26.0 Å². The Morgan fingerprint density at radius 3 is 2.67 bits per heavy atom. The van der Waals surface area contributed by atoms with Gasteiger partial charge in [-0.15, -0.1) is 0 Å². The number of hydrogen-bond donors (Lipinski definition) is 2. The van der Waals surface area contributed by atoms with E-state index < -0.39 is 0 Å². The molecule has 1 aromatic carbocycles. The monoisotopic (exact) mass is 321 g/mol. The smallest absolute Gasteiger partial charge is 0.212 e. The van der Waals surface area contributed by atoms with Crippen LogP contribution in [0.2, 0.25) is 0 Å². The molecular formula is C17H12FN5O. The summed E-state index contributed by atoms with van der Waals surface area (Å²) in [5, 5.41) is 9.67. The number of aromatic amines is 1. The van der Waals surface area contributed by atoms with Crippen molar-refractivity contribution in [3.8, 4) is 22.4 Å². The number of carbonyl (C=O) groups excluding carboxylic acids is 1. The van der Waals surface area contributed by atoms with Crippen LogP contribution in [0.1, 0.15) is 0 Å². The molecule has 0 spiro atoms. The van der Waals surface area contributed by atoms with Crippen molar-refractivity contribution in [3.63, 3.8) is 0 Å². The molecule has 0 radical (unpaired) electrons. The highest BCUT2D eigenvalue weighted by Crippen LogP contribution is 2.30. The lowest BCUT2D eigenvalue weighted by Gasteiger charge is -2.06. The first-order valence-corrected chi connectivity index (χ1v) is 7.23. The van der Waals surface area contributed by atoms with Gasteiger partial charge in [0, 0.05) is 22.9 Å². The van der Waals surface area contributed by atoms with Gasteiger partial charge < -0.3 is 5.32 Å². The van der Waals surface area contributed by atoms with Gasteiger partial charge in [-0.1, -0.05) is 0 Å². The molecule has 1 amide bonds. The highest BCUT2D eigenvalue weighted by Gasteiger charge is 2.12. The van der Waals surface area contributed by atoms with Gasteiger partial charge in [-0.25, -0.2) is 9.37 Å². The van der Waals surface area contributed by atoms with Crippen LogP contribution < -0.4 is 5.32 Å². The molecule has 24 heavy (non-hydrogen) atoms. The van der Waals surface area contributed by atoms with Gasteiger partial charge in [0.05, 0.1) is 18.1 Å². The maximum atomic E-state index is 13.1. The average molecular weight is 321 g/mol. The molecule has 4 rings (SSSR count). The largest absolute Gasteiger partial charge is 0.313 e. The third-order valence-electron chi connectivity index (χ3n) is 3.80. The molecule has 118 valence electrons. The molecular weight excluding hydrogens is 309 g/mol. The van der Waals surface area contributed by atoms with E-state index in [1.807, 2.05) is 18.3 Å². The van der Waals surface area contributed by atoms with Gasteiger partial charge >= 0.3 is 0 Å². The maximum Gasteiger partial charge on any atom is 0.212 e. The molecule has 4 aromatic rings. The summed E-state index contributed by atoms with van der Waals surface area (Å²) >= 11 is 0. The van der Waals surface area contributed by atoms with E-state index >= 15 is 0 Å². The zero-order chi connectivity index (χ0) is 16.5. The van der Waals surface area contributed by atoms with Crippen molar-refractivity contribution in [3.05, 3.63) is 60.8 Å². The lowest BCUT2D eigenvalue weighted by molar-refractivity contribution is -0.105. The number of anilines is 1. The average Bonchev–Trinajstić information content (AvgIpc) is 3.23. The summed E-state index contributed by atoms with van der Waals surface area (Å²) in [6.07, 6.45) is 5.78. The minimum absolute atomic E-state index is 0.288. The number of nitrogens with one attached hydrogen (secondary N) is 2. The molecule has 0 saturated carbocycles. The molecule has 0 aliphatic rings. The Labute approximate surface area is 136 Å². The van der Waals surface area contributed by atoms with Gasteiger partial charge in [0.25, 0.3) is 0 Å². The van der Waals surface area contributed by atoms with Crippen LogP contribution in [0.15, 0.2) is 55.0 Å². The van der Waals surface area contributed by atoms with Crippen molar-refractivity contribution < 1.29 is 9.18 Å². The van der Waals surface area contributed by atoms with Crippen LogP contribution in [-0.2, 0) is 4.79 Å². The number of benzene rings is 1. The Balaban J connectivity index is 1.83. The molecule has 0 unspecified atom stereocenters. The number of rotatable bonds is 4. The second-order valence-corrected chi connectivity index (χ2v) is 5.22. The molecule has 3 aromatic heterocycles. The number of hydrogen-bond acceptors (Lipinski definition) is 3. The van der Waals surface area contributed by atoms with Crippen LogP contribution in [0, 0.1) is 5.82 Å². The zero-order valence-corrected chi connectivity index (χ0v) is 12.4. The molecule has 2 N–H and O–H groups in total. The van der Waals surface area contributed by atoms with E-state index in [0.717, 1.165) is 28.0 Å². The Hall–Kier alpha value is -3.48. The van der Waals surface area contributed by atoms with Crippen LogP contribution in [0.25, 0.3) is 28.0 Å². The molecule has 0 aliphatic carbocycles. The number of carbonyl (C=O) groups is 1. The molecule has 0 fully saturated rings. The Morgan fingerprint density at radius 2 is 1.88 bits per heavy atom. The number of nitrogens with zero attached hydrogens (tertiary/aromatic N) is 3. The van der Waals surface area contributed by atoms with Crippen molar-refractivity contribution in [2.75, 3.05) is 5.32 Å². The first-order chi connectivity index (χ1) is 11.8. The fourth-order valence-electron chi connectivity index (χ4n) is 2.65. The molecule has 0 saturated heterocycles. The predicted octanol–water partition coefficient (Wildman–Crippen LogP) is 3.10.